The van der Waals surface area contributed by atoms with Gasteiger partial charge in [0.15, 0.2) is 10.7 Å². The van der Waals surface area contributed by atoms with Crippen molar-refractivity contribution in [2.75, 3.05) is 18.4 Å². The number of sulfonamides is 1. The Hall–Kier alpha value is -3.30. The smallest absolute Gasteiger partial charge is 0.248 e. The summed E-state index contributed by atoms with van der Waals surface area (Å²) >= 11 is 0. The number of carbonyl (C=O) groups excluding carboxylic acids is 1. The summed E-state index contributed by atoms with van der Waals surface area (Å²) in [5, 5.41) is 6.75. The first kappa shape index (κ1) is 24.8. The van der Waals surface area contributed by atoms with Gasteiger partial charge in [0.1, 0.15) is 11.5 Å². The zero-order valence-electron chi connectivity index (χ0n) is 20.4. The van der Waals surface area contributed by atoms with Gasteiger partial charge in [-0.25, -0.2) is 13.4 Å². The standard InChI is InChI=1S/C26H30N4O4S/c1-17-7-8-19(3)21(14-17)9-10-23-25(20(4)29-34-23)35(32,33)30-13-5-6-22(16-30)26(31)28-24-15-18(2)11-12-27-24/h7-12,14-15,22H,5-6,13,16H2,1-4H3,(H,27,28,31)/b10-9+. The van der Waals surface area contributed by atoms with E-state index in [0.717, 1.165) is 22.3 Å². The Morgan fingerprint density at radius 3 is 2.66 bits per heavy atom. The third kappa shape index (κ3) is 5.52. The number of carbonyl (C=O) groups is 1. The van der Waals surface area contributed by atoms with Gasteiger partial charge < -0.3 is 9.84 Å². The van der Waals surface area contributed by atoms with Crippen molar-refractivity contribution in [1.29, 1.82) is 0 Å². The molecule has 1 unspecified atom stereocenters. The molecule has 1 aliphatic rings. The molecule has 0 bridgehead atoms. The van der Waals surface area contributed by atoms with Gasteiger partial charge in [-0.1, -0.05) is 35.0 Å². The molecular formula is C26H30N4O4S. The van der Waals surface area contributed by atoms with Crippen LogP contribution < -0.4 is 5.32 Å². The molecule has 9 heteroatoms. The van der Waals surface area contributed by atoms with Gasteiger partial charge >= 0.3 is 0 Å². The SMILES string of the molecule is Cc1ccnc(NC(=O)C2CCCN(S(=O)(=O)c3c(C)noc3/C=C/c3cc(C)ccc3C)C2)c1. The maximum atomic E-state index is 13.6. The van der Waals surface area contributed by atoms with E-state index in [1.165, 1.54) is 4.31 Å². The number of aromatic nitrogens is 2. The zero-order valence-corrected chi connectivity index (χ0v) is 21.2. The molecule has 1 fully saturated rings. The number of benzene rings is 1. The summed E-state index contributed by atoms with van der Waals surface area (Å²) in [6, 6.07) is 9.70. The second kappa shape index (κ2) is 10.1. The van der Waals surface area contributed by atoms with Crippen LogP contribution in [0.4, 0.5) is 5.82 Å². The summed E-state index contributed by atoms with van der Waals surface area (Å²) < 4.78 is 34.0. The molecule has 0 aliphatic carbocycles. The van der Waals surface area contributed by atoms with Gasteiger partial charge in [0.2, 0.25) is 15.9 Å². The van der Waals surface area contributed by atoms with Crippen LogP contribution in [0.25, 0.3) is 12.2 Å². The lowest BCUT2D eigenvalue weighted by molar-refractivity contribution is -0.120. The lowest BCUT2D eigenvalue weighted by atomic mass is 9.99. The first-order valence-electron chi connectivity index (χ1n) is 11.6. The van der Waals surface area contributed by atoms with Crippen LogP contribution in [0.15, 0.2) is 45.9 Å². The molecule has 3 heterocycles. The summed E-state index contributed by atoms with van der Waals surface area (Å²) in [6.07, 6.45) is 6.29. The Balaban J connectivity index is 1.55. The molecule has 1 aliphatic heterocycles. The van der Waals surface area contributed by atoms with Crippen molar-refractivity contribution in [3.63, 3.8) is 0 Å². The van der Waals surface area contributed by atoms with E-state index in [-0.39, 0.29) is 23.1 Å². The summed E-state index contributed by atoms with van der Waals surface area (Å²) in [6.45, 7) is 7.95. The van der Waals surface area contributed by atoms with Crippen LogP contribution in [-0.4, -0.2) is 41.9 Å². The van der Waals surface area contributed by atoms with Crippen molar-refractivity contribution in [2.45, 2.75) is 45.4 Å². The average Bonchev–Trinajstić information content (AvgIpc) is 3.21. The van der Waals surface area contributed by atoms with Gasteiger partial charge in [-0.05, 0) is 75.4 Å². The highest BCUT2D eigenvalue weighted by Crippen LogP contribution is 2.30. The number of pyridine rings is 1. The fraction of sp³-hybridized carbons (Fsp3) is 0.346. The molecule has 35 heavy (non-hydrogen) atoms. The molecule has 184 valence electrons. The Kier molecular flexibility index (Phi) is 7.18. The molecule has 3 aromatic rings. The van der Waals surface area contributed by atoms with Gasteiger partial charge in [0.25, 0.3) is 0 Å². The average molecular weight is 495 g/mol. The van der Waals surface area contributed by atoms with E-state index in [1.807, 2.05) is 51.1 Å². The van der Waals surface area contributed by atoms with Gasteiger partial charge in [0, 0.05) is 19.3 Å². The first-order chi connectivity index (χ1) is 16.6. The number of hydrogen-bond donors (Lipinski definition) is 1. The quantitative estimate of drug-likeness (QED) is 0.540. The number of amides is 1. The molecule has 1 N–H and O–H groups in total. The minimum Gasteiger partial charge on any atom is -0.355 e. The van der Waals surface area contributed by atoms with Crippen molar-refractivity contribution in [3.05, 3.63) is 70.2 Å². The van der Waals surface area contributed by atoms with Gasteiger partial charge in [-0.15, -0.1) is 0 Å². The van der Waals surface area contributed by atoms with Crippen LogP contribution >= 0.6 is 0 Å². The summed E-state index contributed by atoms with van der Waals surface area (Å²) in [4.78, 5) is 17.1. The summed E-state index contributed by atoms with van der Waals surface area (Å²) in [5.41, 5.74) is 4.42. The Bertz CT molecular complexity index is 1380. The van der Waals surface area contributed by atoms with E-state index in [9.17, 15) is 13.2 Å². The van der Waals surface area contributed by atoms with Crippen molar-refractivity contribution >= 4 is 33.9 Å². The van der Waals surface area contributed by atoms with Gasteiger partial charge in [-0.3, -0.25) is 4.79 Å². The van der Waals surface area contributed by atoms with E-state index in [0.29, 0.717) is 30.9 Å². The van der Waals surface area contributed by atoms with E-state index in [2.05, 4.69) is 15.5 Å². The number of aryl methyl sites for hydroxylation is 4. The fourth-order valence-electron chi connectivity index (χ4n) is 4.24. The van der Waals surface area contributed by atoms with Crippen LogP contribution in [0, 0.1) is 33.6 Å². The number of nitrogens with zero attached hydrogens (tertiary/aromatic N) is 3. The van der Waals surface area contributed by atoms with Gasteiger partial charge in [0.05, 0.1) is 5.92 Å². The van der Waals surface area contributed by atoms with E-state index < -0.39 is 15.9 Å². The molecule has 4 rings (SSSR count). The van der Waals surface area contributed by atoms with Crippen molar-refractivity contribution < 1.29 is 17.7 Å². The third-order valence-electron chi connectivity index (χ3n) is 6.20. The maximum absolute atomic E-state index is 13.6. The number of nitrogens with one attached hydrogen (secondary N) is 1. The third-order valence-corrected chi connectivity index (χ3v) is 8.23. The molecule has 1 amide bonds. The number of anilines is 1. The highest BCUT2D eigenvalue weighted by atomic mass is 32.2. The largest absolute Gasteiger partial charge is 0.355 e. The van der Waals surface area contributed by atoms with Crippen LogP contribution in [0.5, 0.6) is 0 Å². The first-order valence-corrected chi connectivity index (χ1v) is 13.0. The molecule has 1 aromatic carbocycles. The number of hydrogen-bond acceptors (Lipinski definition) is 6. The monoisotopic (exact) mass is 494 g/mol. The second-order valence-corrected chi connectivity index (χ2v) is 10.9. The van der Waals surface area contributed by atoms with Crippen LogP contribution in [0.1, 0.15) is 46.5 Å². The molecule has 1 atom stereocenters. The zero-order chi connectivity index (χ0) is 25.2. The van der Waals surface area contributed by atoms with E-state index in [4.69, 9.17) is 4.52 Å². The predicted molar refractivity (Wildman–Crippen MR) is 135 cm³/mol. The minimum atomic E-state index is -3.92. The normalized spacial score (nSPS) is 17.1. The van der Waals surface area contributed by atoms with Crippen molar-refractivity contribution in [2.24, 2.45) is 5.92 Å². The summed E-state index contributed by atoms with van der Waals surface area (Å²) in [7, 11) is -3.92. The highest BCUT2D eigenvalue weighted by molar-refractivity contribution is 7.89. The topological polar surface area (TPSA) is 105 Å². The second-order valence-electron chi connectivity index (χ2n) is 9.06. The lowest BCUT2D eigenvalue weighted by Gasteiger charge is -2.31. The Morgan fingerprint density at radius 2 is 1.89 bits per heavy atom. The molecular weight excluding hydrogens is 464 g/mol. The molecule has 2 aromatic heterocycles. The molecule has 8 nitrogen and oxygen atoms in total. The fourth-order valence-corrected chi connectivity index (χ4v) is 6.01. The van der Waals surface area contributed by atoms with E-state index >= 15 is 0 Å². The molecule has 0 spiro atoms. The predicted octanol–water partition coefficient (Wildman–Crippen LogP) is 4.51. The Morgan fingerprint density at radius 1 is 1.11 bits per heavy atom. The van der Waals surface area contributed by atoms with Crippen LogP contribution in [0.2, 0.25) is 0 Å². The molecule has 0 radical (unpaired) electrons. The summed E-state index contributed by atoms with van der Waals surface area (Å²) in [5.74, 6) is -0.0716. The van der Waals surface area contributed by atoms with Crippen molar-refractivity contribution in [1.82, 2.24) is 14.4 Å². The minimum absolute atomic E-state index is 0.0421. The highest BCUT2D eigenvalue weighted by Gasteiger charge is 2.37. The van der Waals surface area contributed by atoms with Crippen LogP contribution in [0.3, 0.4) is 0 Å². The van der Waals surface area contributed by atoms with Gasteiger partial charge in [-0.2, -0.15) is 4.31 Å². The molecule has 0 saturated carbocycles. The van der Waals surface area contributed by atoms with Crippen LogP contribution in [-0.2, 0) is 14.8 Å². The lowest BCUT2D eigenvalue weighted by Crippen LogP contribution is -2.44. The molecule has 1 saturated heterocycles. The van der Waals surface area contributed by atoms with E-state index in [1.54, 1.807) is 25.3 Å². The Labute approximate surface area is 206 Å². The number of rotatable bonds is 6. The maximum Gasteiger partial charge on any atom is 0.248 e. The number of piperidine rings is 1. The van der Waals surface area contributed by atoms with Crippen molar-refractivity contribution in [3.8, 4) is 0 Å².